The molecule has 0 spiro atoms. The van der Waals surface area contributed by atoms with Crippen LogP contribution in [0.4, 0.5) is 13.2 Å². The molecule has 5 rings (SSSR count). The zero-order valence-corrected chi connectivity index (χ0v) is 22.1. The van der Waals surface area contributed by atoms with E-state index in [1.165, 1.54) is 0 Å². The Balaban J connectivity index is 1.39. The van der Waals surface area contributed by atoms with Crippen molar-refractivity contribution in [2.24, 2.45) is 23.2 Å². The molecule has 4 aliphatic rings. The van der Waals surface area contributed by atoms with Gasteiger partial charge < -0.3 is 14.6 Å². The van der Waals surface area contributed by atoms with E-state index in [1.807, 2.05) is 0 Å². The van der Waals surface area contributed by atoms with Crippen molar-refractivity contribution >= 4 is 30.4 Å². The Morgan fingerprint density at radius 1 is 1.22 bits per heavy atom. The van der Waals surface area contributed by atoms with E-state index in [4.69, 9.17) is 20.9 Å². The lowest BCUT2D eigenvalue weighted by Crippen LogP contribution is -2.65. The monoisotopic (exact) mass is 527 g/mol. The average molecular weight is 528 g/mol. The number of benzene rings is 1. The number of carbonyl (C=O) groups is 2. The first-order chi connectivity index (χ1) is 16.6. The van der Waals surface area contributed by atoms with Crippen LogP contribution in [-0.2, 0) is 20.3 Å². The van der Waals surface area contributed by atoms with Gasteiger partial charge >= 0.3 is 13.3 Å². The van der Waals surface area contributed by atoms with Gasteiger partial charge in [-0.25, -0.2) is 0 Å². The van der Waals surface area contributed by atoms with Crippen molar-refractivity contribution in [3.8, 4) is 0 Å². The molecule has 5 atom stereocenters. The van der Waals surface area contributed by atoms with Crippen molar-refractivity contribution in [2.75, 3.05) is 6.54 Å². The molecule has 1 aromatic carbocycles. The molecule has 1 amide bonds. The molecule has 3 saturated carbocycles. The van der Waals surface area contributed by atoms with E-state index in [2.05, 4.69) is 39.9 Å². The summed E-state index contributed by atoms with van der Waals surface area (Å²) in [6, 6.07) is 2.53. The maximum Gasteiger partial charge on any atom is 0.461 e. The molecule has 1 saturated heterocycles. The molecule has 2 bridgehead atoms. The number of nitrogens with one attached hydrogen (secondary N) is 1. The maximum atomic E-state index is 13.0. The van der Waals surface area contributed by atoms with Crippen molar-refractivity contribution in [1.82, 2.24) is 5.32 Å². The summed E-state index contributed by atoms with van der Waals surface area (Å²) in [6.45, 7) is 10.5. The number of carbonyl (C=O) groups excluding carboxylic acids is 2. The highest BCUT2D eigenvalue weighted by molar-refractivity contribution is 6.47. The van der Waals surface area contributed by atoms with Gasteiger partial charge in [0, 0.05) is 12.2 Å². The fraction of sp³-hybridized carbons (Fsp3) is 0.692. The van der Waals surface area contributed by atoms with Gasteiger partial charge in [0.2, 0.25) is 0 Å². The molecule has 198 valence electrons. The van der Waals surface area contributed by atoms with E-state index >= 15 is 0 Å². The summed E-state index contributed by atoms with van der Waals surface area (Å²) in [4.78, 5) is 25.4. The lowest BCUT2D eigenvalue weighted by atomic mass is 9.43. The zero-order chi connectivity index (χ0) is 26.6. The number of ketones is 1. The fourth-order valence-electron chi connectivity index (χ4n) is 6.51. The number of alkyl halides is 3. The number of hydrogen-bond donors (Lipinski definition) is 1. The third-order valence-electron chi connectivity index (χ3n) is 8.60. The van der Waals surface area contributed by atoms with Gasteiger partial charge in [0.25, 0.3) is 5.91 Å². The van der Waals surface area contributed by atoms with Crippen molar-refractivity contribution in [3.05, 3.63) is 34.3 Å². The summed E-state index contributed by atoms with van der Waals surface area (Å²) in [6.07, 6.45) is -1.67. The molecule has 1 aromatic rings. The van der Waals surface area contributed by atoms with Gasteiger partial charge in [-0.1, -0.05) is 39.3 Å². The first-order valence-corrected chi connectivity index (χ1v) is 13.0. The Morgan fingerprint density at radius 2 is 1.92 bits per heavy atom. The summed E-state index contributed by atoms with van der Waals surface area (Å²) in [5.41, 5.74) is -1.47. The van der Waals surface area contributed by atoms with Crippen molar-refractivity contribution in [3.63, 3.8) is 0 Å². The predicted molar refractivity (Wildman–Crippen MR) is 132 cm³/mol. The molecule has 36 heavy (non-hydrogen) atoms. The number of hydrogen-bond acceptors (Lipinski definition) is 4. The van der Waals surface area contributed by atoms with E-state index in [1.54, 1.807) is 0 Å². The van der Waals surface area contributed by atoms with Crippen molar-refractivity contribution in [2.45, 2.75) is 84.0 Å². The second-order valence-corrected chi connectivity index (χ2v) is 12.3. The van der Waals surface area contributed by atoms with E-state index in [0.717, 1.165) is 25.0 Å². The van der Waals surface area contributed by atoms with E-state index < -0.39 is 24.8 Å². The van der Waals surface area contributed by atoms with Crippen LogP contribution in [0.5, 0.6) is 0 Å². The van der Waals surface area contributed by atoms with Crippen LogP contribution in [0.25, 0.3) is 0 Å². The molecule has 0 radical (unpaired) electrons. The largest absolute Gasteiger partial charge is 0.461 e. The van der Waals surface area contributed by atoms with Crippen LogP contribution in [0.15, 0.2) is 18.2 Å². The van der Waals surface area contributed by atoms with Crippen LogP contribution in [-0.4, -0.2) is 37.1 Å². The summed E-state index contributed by atoms with van der Waals surface area (Å²) < 4.78 is 52.0. The molecule has 1 heterocycles. The van der Waals surface area contributed by atoms with E-state index in [9.17, 15) is 22.8 Å². The molecule has 1 aliphatic heterocycles. The Hall–Kier alpha value is -1.58. The van der Waals surface area contributed by atoms with Gasteiger partial charge in [0.05, 0.1) is 34.4 Å². The van der Waals surface area contributed by atoms with E-state index in [0.29, 0.717) is 30.2 Å². The highest BCUT2D eigenvalue weighted by Gasteiger charge is 2.68. The Morgan fingerprint density at radius 3 is 2.53 bits per heavy atom. The van der Waals surface area contributed by atoms with Crippen LogP contribution >= 0.6 is 11.6 Å². The molecule has 4 fully saturated rings. The molecular formula is C26H34BClF3NO4. The molecule has 5 nitrogen and oxygen atoms in total. The summed E-state index contributed by atoms with van der Waals surface area (Å²) >= 11 is 5.95. The smallest absolute Gasteiger partial charge is 0.405 e. The van der Waals surface area contributed by atoms with Gasteiger partial charge in [-0.05, 0) is 67.6 Å². The predicted octanol–water partition coefficient (Wildman–Crippen LogP) is 6.19. The lowest BCUT2D eigenvalue weighted by molar-refractivity contribution is -0.199. The summed E-state index contributed by atoms with van der Waals surface area (Å²) in [5.74, 6) is 0.0719. The number of Topliss-reactive ketones (excluding diaryl/α,β-unsaturated/α-hetero) is 1. The topological polar surface area (TPSA) is 64.6 Å². The molecular weight excluding hydrogens is 494 g/mol. The Labute approximate surface area is 216 Å². The van der Waals surface area contributed by atoms with Gasteiger partial charge in [-0.15, -0.1) is 0 Å². The lowest BCUT2D eigenvalue weighted by Gasteiger charge is -2.64. The third kappa shape index (κ3) is 5.08. The zero-order valence-electron chi connectivity index (χ0n) is 21.4. The van der Waals surface area contributed by atoms with Gasteiger partial charge in [0.1, 0.15) is 0 Å². The first kappa shape index (κ1) is 27.5. The minimum Gasteiger partial charge on any atom is -0.405 e. The Kier molecular flexibility index (Phi) is 7.34. The highest BCUT2D eigenvalue weighted by Crippen LogP contribution is 2.66. The third-order valence-corrected chi connectivity index (χ3v) is 8.93. The Bertz CT molecular complexity index is 1030. The number of rotatable bonds is 8. The van der Waals surface area contributed by atoms with Gasteiger partial charge in [-0.2, -0.15) is 13.2 Å². The maximum absolute atomic E-state index is 13.0. The van der Waals surface area contributed by atoms with Crippen molar-refractivity contribution in [1.29, 1.82) is 0 Å². The average Bonchev–Trinajstić information content (AvgIpc) is 3.13. The van der Waals surface area contributed by atoms with Gasteiger partial charge in [0.15, 0.2) is 5.78 Å². The minimum absolute atomic E-state index is 0.00629. The summed E-state index contributed by atoms with van der Waals surface area (Å²) in [7, 11) is -0.505. The minimum atomic E-state index is -4.61. The summed E-state index contributed by atoms with van der Waals surface area (Å²) in [5, 5.41) is 2.31. The quantitative estimate of drug-likeness (QED) is 0.409. The van der Waals surface area contributed by atoms with Crippen LogP contribution < -0.4 is 5.32 Å². The van der Waals surface area contributed by atoms with Gasteiger partial charge in [-0.3, -0.25) is 9.59 Å². The second-order valence-electron chi connectivity index (χ2n) is 11.8. The standard InChI is InChI=1S/C26H34BClF3NO4/c1-14(2)8-17(27-35-22-11-16-10-21(24(16,3)4)25(22,5)36-27)12-18(33)13-32-23(34)19-9-15(26(29,30)31)6-7-20(19)28/h6-7,9,14,16-17,21-22H,8,10-13H2,1-5H3,(H,32,34)/t16-,17+,21-,22+,25-/m0/s1. The SMILES string of the molecule is CC(C)C[C@H](CC(=O)CNC(=O)c1cc(C(F)(F)F)ccc1Cl)B1O[C@@H]2C[C@@H]3C[C@@H](C3(C)C)[C@]2(C)O1. The van der Waals surface area contributed by atoms with Crippen LogP contribution in [0, 0.1) is 23.2 Å². The molecule has 0 unspecified atom stereocenters. The molecule has 3 aliphatic carbocycles. The highest BCUT2D eigenvalue weighted by atomic mass is 35.5. The molecule has 10 heteroatoms. The van der Waals surface area contributed by atoms with Crippen LogP contribution in [0.1, 0.15) is 76.2 Å². The first-order valence-electron chi connectivity index (χ1n) is 12.6. The van der Waals surface area contributed by atoms with Crippen LogP contribution in [0.2, 0.25) is 10.8 Å². The fourth-order valence-corrected chi connectivity index (χ4v) is 6.72. The van der Waals surface area contributed by atoms with E-state index in [-0.39, 0.29) is 52.3 Å². The molecule has 1 N–H and O–H groups in total. The molecule has 0 aromatic heterocycles. The number of halogens is 4. The second kappa shape index (κ2) is 9.62. The van der Waals surface area contributed by atoms with Crippen molar-refractivity contribution < 1.29 is 32.1 Å². The normalized spacial score (nSPS) is 29.5. The number of amides is 1. The van der Waals surface area contributed by atoms with Crippen LogP contribution in [0.3, 0.4) is 0 Å².